The molecule has 1 nitrogen and oxygen atoms in total. The molecular weight excluding hydrogens is 278 g/mol. The van der Waals surface area contributed by atoms with Gasteiger partial charge in [-0.05, 0) is 36.0 Å². The minimum absolute atomic E-state index is 0.757. The molecule has 0 radical (unpaired) electrons. The molecule has 116 valence electrons. The van der Waals surface area contributed by atoms with Crippen LogP contribution in [0.2, 0.25) is 0 Å². The van der Waals surface area contributed by atoms with Crippen molar-refractivity contribution in [1.29, 1.82) is 0 Å². The Morgan fingerprint density at radius 3 is 2.78 bits per heavy atom. The maximum Gasteiger partial charge on any atom is 0.213 e. The number of allylic oxidation sites excluding steroid dienone is 3. The van der Waals surface area contributed by atoms with Crippen molar-refractivity contribution in [3.8, 4) is 0 Å². The van der Waals surface area contributed by atoms with Crippen LogP contribution in [0.25, 0.3) is 11.6 Å². The third-order valence-corrected chi connectivity index (χ3v) is 5.07. The molecule has 1 aromatic heterocycles. The van der Waals surface area contributed by atoms with E-state index in [1.54, 1.807) is 5.57 Å². The van der Waals surface area contributed by atoms with Crippen LogP contribution < -0.4 is 4.57 Å². The second kappa shape index (κ2) is 6.16. The molecule has 1 heteroatoms. The summed E-state index contributed by atoms with van der Waals surface area (Å²) in [6.45, 7) is 3.23. The first kappa shape index (κ1) is 14.4. The molecule has 1 aromatic carbocycles. The molecule has 0 spiro atoms. The summed E-state index contributed by atoms with van der Waals surface area (Å²) in [6, 6.07) is 15.2. The lowest BCUT2D eigenvalue weighted by molar-refractivity contribution is -0.690. The first-order valence-corrected chi connectivity index (χ1v) is 8.84. The van der Waals surface area contributed by atoms with Gasteiger partial charge in [0.1, 0.15) is 0 Å². The molecule has 23 heavy (non-hydrogen) atoms. The van der Waals surface area contributed by atoms with Crippen LogP contribution in [0.15, 0.2) is 60.3 Å². The Bertz CT molecular complexity index is 768. The maximum atomic E-state index is 2.53. The normalized spacial score (nSPS) is 18.4. The first-order chi connectivity index (χ1) is 11.3. The number of nitrogens with zero attached hydrogens (tertiary/aromatic N) is 1. The Morgan fingerprint density at radius 1 is 1.09 bits per heavy atom. The summed E-state index contributed by atoms with van der Waals surface area (Å²) in [5.74, 6) is 0.757. The van der Waals surface area contributed by atoms with Crippen LogP contribution in [0.1, 0.15) is 49.4 Å². The Morgan fingerprint density at radius 2 is 1.96 bits per heavy atom. The van der Waals surface area contributed by atoms with E-state index >= 15 is 0 Å². The average molecular weight is 302 g/mol. The van der Waals surface area contributed by atoms with Crippen molar-refractivity contribution in [2.24, 2.45) is 5.92 Å². The number of pyridine rings is 1. The van der Waals surface area contributed by atoms with E-state index in [2.05, 4.69) is 72.3 Å². The molecule has 2 aromatic rings. The summed E-state index contributed by atoms with van der Waals surface area (Å²) >= 11 is 0. The van der Waals surface area contributed by atoms with Gasteiger partial charge in [0, 0.05) is 17.7 Å². The zero-order valence-electron chi connectivity index (χ0n) is 13.8. The smallest absolute Gasteiger partial charge is 0.194 e. The summed E-state index contributed by atoms with van der Waals surface area (Å²) in [7, 11) is 0. The molecule has 1 heterocycles. The standard InChI is InChI=1S/C22H24N/c1-2-3-8-18-13-19-15-22-20(21(19)14-18)11-7-12-23(22)16-17-9-5-4-6-10-17/h4-7,9-12,14-15,18H,2-3,8,13,16H2,1H3/q+1. The van der Waals surface area contributed by atoms with E-state index in [0.717, 1.165) is 12.5 Å². The molecule has 0 aliphatic heterocycles. The second-order valence-corrected chi connectivity index (χ2v) is 6.78. The Balaban J connectivity index is 1.63. The molecule has 1 atom stereocenters. The molecular formula is C22H24N+. The lowest BCUT2D eigenvalue weighted by Crippen LogP contribution is -2.37. The average Bonchev–Trinajstić information content (AvgIpc) is 3.12. The lowest BCUT2D eigenvalue weighted by Gasteiger charge is -2.06. The van der Waals surface area contributed by atoms with E-state index < -0.39 is 0 Å². The van der Waals surface area contributed by atoms with Gasteiger partial charge in [-0.3, -0.25) is 0 Å². The fourth-order valence-electron chi connectivity index (χ4n) is 3.88. The van der Waals surface area contributed by atoms with Crippen molar-refractivity contribution in [2.75, 3.05) is 0 Å². The van der Waals surface area contributed by atoms with Crippen LogP contribution in [-0.2, 0) is 6.54 Å². The molecule has 1 unspecified atom stereocenters. The summed E-state index contributed by atoms with van der Waals surface area (Å²) < 4.78 is 2.39. The van der Waals surface area contributed by atoms with E-state index in [4.69, 9.17) is 0 Å². The van der Waals surface area contributed by atoms with Crippen molar-refractivity contribution in [3.63, 3.8) is 0 Å². The van der Waals surface area contributed by atoms with Gasteiger partial charge >= 0.3 is 0 Å². The number of benzene rings is 1. The highest BCUT2D eigenvalue weighted by atomic mass is 15.0. The van der Waals surface area contributed by atoms with Gasteiger partial charge in [-0.25, -0.2) is 0 Å². The van der Waals surface area contributed by atoms with Gasteiger partial charge in [-0.1, -0.05) is 56.2 Å². The van der Waals surface area contributed by atoms with Crippen LogP contribution in [0.3, 0.4) is 0 Å². The van der Waals surface area contributed by atoms with Gasteiger partial charge in [-0.15, -0.1) is 0 Å². The second-order valence-electron chi connectivity index (χ2n) is 6.78. The highest BCUT2D eigenvalue weighted by Crippen LogP contribution is 2.44. The Labute approximate surface area is 139 Å². The minimum Gasteiger partial charge on any atom is -0.194 e. The summed E-state index contributed by atoms with van der Waals surface area (Å²) in [6.07, 6.45) is 12.4. The van der Waals surface area contributed by atoms with E-state index in [9.17, 15) is 0 Å². The van der Waals surface area contributed by atoms with E-state index in [1.165, 1.54) is 48.1 Å². The molecule has 0 saturated carbocycles. The number of rotatable bonds is 5. The highest BCUT2D eigenvalue weighted by molar-refractivity contribution is 5.94. The van der Waals surface area contributed by atoms with Crippen LogP contribution in [-0.4, -0.2) is 0 Å². The molecule has 2 aliphatic carbocycles. The van der Waals surface area contributed by atoms with E-state index in [0.29, 0.717) is 0 Å². The lowest BCUT2D eigenvalue weighted by atomic mass is 10.0. The number of aromatic nitrogens is 1. The summed E-state index contributed by atoms with van der Waals surface area (Å²) in [5.41, 5.74) is 7.22. The van der Waals surface area contributed by atoms with Crippen molar-refractivity contribution < 1.29 is 4.57 Å². The van der Waals surface area contributed by atoms with Crippen molar-refractivity contribution in [3.05, 3.63) is 77.1 Å². The predicted molar refractivity (Wildman–Crippen MR) is 95.8 cm³/mol. The van der Waals surface area contributed by atoms with Crippen LogP contribution in [0, 0.1) is 5.92 Å². The maximum absolute atomic E-state index is 2.53. The number of unbranched alkanes of at least 4 members (excludes halogenated alkanes) is 1. The number of hydrogen-bond donors (Lipinski definition) is 0. The van der Waals surface area contributed by atoms with Gasteiger partial charge in [0.05, 0.1) is 5.56 Å². The van der Waals surface area contributed by atoms with Gasteiger partial charge in [0.25, 0.3) is 0 Å². The zero-order valence-corrected chi connectivity index (χ0v) is 13.8. The minimum atomic E-state index is 0.757. The highest BCUT2D eigenvalue weighted by Gasteiger charge is 2.31. The van der Waals surface area contributed by atoms with Gasteiger partial charge < -0.3 is 0 Å². The van der Waals surface area contributed by atoms with Gasteiger partial charge in [-0.2, -0.15) is 4.57 Å². The molecule has 0 N–H and O–H groups in total. The monoisotopic (exact) mass is 302 g/mol. The van der Waals surface area contributed by atoms with Crippen LogP contribution in [0.4, 0.5) is 0 Å². The SMILES string of the molecule is CCCCC1C=C2C(=Cc3c2ccc[n+]3Cc2ccccc2)C1. The molecule has 4 rings (SSSR count). The molecule has 0 saturated heterocycles. The van der Waals surface area contributed by atoms with E-state index in [1.807, 2.05) is 0 Å². The van der Waals surface area contributed by atoms with Gasteiger partial charge in [0.15, 0.2) is 12.7 Å². The zero-order chi connectivity index (χ0) is 15.6. The van der Waals surface area contributed by atoms with Crippen molar-refractivity contribution >= 4 is 11.6 Å². The van der Waals surface area contributed by atoms with Crippen molar-refractivity contribution in [2.45, 2.75) is 39.2 Å². The van der Waals surface area contributed by atoms with Crippen LogP contribution in [0.5, 0.6) is 0 Å². The van der Waals surface area contributed by atoms with E-state index in [-0.39, 0.29) is 0 Å². The Hall–Kier alpha value is -2.15. The third kappa shape index (κ3) is 2.76. The summed E-state index contributed by atoms with van der Waals surface area (Å²) in [4.78, 5) is 0. The fraction of sp³-hybridized carbons (Fsp3) is 0.318. The van der Waals surface area contributed by atoms with Gasteiger partial charge in [0.2, 0.25) is 5.69 Å². The first-order valence-electron chi connectivity index (χ1n) is 8.84. The molecule has 0 fully saturated rings. The Kier molecular flexibility index (Phi) is 3.87. The molecule has 2 aliphatic rings. The van der Waals surface area contributed by atoms with Crippen LogP contribution >= 0.6 is 0 Å². The fourth-order valence-corrected chi connectivity index (χ4v) is 3.88. The largest absolute Gasteiger partial charge is 0.213 e. The quantitative estimate of drug-likeness (QED) is 0.683. The van der Waals surface area contributed by atoms with Crippen molar-refractivity contribution in [1.82, 2.24) is 0 Å². The molecule has 0 bridgehead atoms. The third-order valence-electron chi connectivity index (χ3n) is 5.07. The predicted octanol–water partition coefficient (Wildman–Crippen LogP) is 5.01. The number of fused-ring (bicyclic) bond motifs is 3. The topological polar surface area (TPSA) is 3.88 Å². The summed E-state index contributed by atoms with van der Waals surface area (Å²) in [5, 5.41) is 0. The number of hydrogen-bond acceptors (Lipinski definition) is 0. The molecule has 0 amide bonds.